The molecule has 1 atom stereocenters. The van der Waals surface area contributed by atoms with Gasteiger partial charge in [0, 0.05) is 6.54 Å². The predicted octanol–water partition coefficient (Wildman–Crippen LogP) is 0.655. The van der Waals surface area contributed by atoms with E-state index >= 15 is 0 Å². The maximum atomic E-state index is 13.5. The van der Waals surface area contributed by atoms with Crippen molar-refractivity contribution in [2.45, 2.75) is 6.10 Å². The third kappa shape index (κ3) is 2.27. The van der Waals surface area contributed by atoms with Crippen LogP contribution in [0.25, 0.3) is 0 Å². The topological polar surface area (TPSA) is 55.6 Å². The molecule has 1 aromatic rings. The van der Waals surface area contributed by atoms with Crippen LogP contribution in [0.5, 0.6) is 0 Å². The summed E-state index contributed by atoms with van der Waals surface area (Å²) in [7, 11) is 0. The van der Waals surface area contributed by atoms with Crippen molar-refractivity contribution in [2.24, 2.45) is 5.73 Å². The minimum absolute atomic E-state index is 0.0627. The van der Waals surface area contributed by atoms with Crippen molar-refractivity contribution in [3.63, 3.8) is 0 Å². The van der Waals surface area contributed by atoms with Gasteiger partial charge in [0.25, 0.3) is 5.91 Å². The van der Waals surface area contributed by atoms with Crippen molar-refractivity contribution in [1.82, 2.24) is 0 Å². The van der Waals surface area contributed by atoms with Gasteiger partial charge in [0.2, 0.25) is 0 Å². The first-order valence-corrected chi connectivity index (χ1v) is 5.19. The number of nitrogens with two attached hydrogens (primary N) is 1. The standard InChI is InChI=1S/C11H12F2N2O2/c12-8-2-1-3-9(13)11(8)15-5-7(4-14)17-6-10(15)16/h1-3,7H,4-6,14H2. The highest BCUT2D eigenvalue weighted by atomic mass is 19.1. The molecule has 0 bridgehead atoms. The molecule has 1 saturated heterocycles. The zero-order valence-electron chi connectivity index (χ0n) is 9.03. The maximum absolute atomic E-state index is 13.5. The molecule has 6 heteroatoms. The summed E-state index contributed by atoms with van der Waals surface area (Å²) < 4.78 is 32.2. The summed E-state index contributed by atoms with van der Waals surface area (Å²) in [4.78, 5) is 12.6. The normalized spacial score (nSPS) is 20.8. The monoisotopic (exact) mass is 242 g/mol. The number of hydrogen-bond acceptors (Lipinski definition) is 3. The van der Waals surface area contributed by atoms with Crippen molar-refractivity contribution in [3.8, 4) is 0 Å². The lowest BCUT2D eigenvalue weighted by atomic mass is 10.2. The van der Waals surface area contributed by atoms with Crippen LogP contribution in [0.2, 0.25) is 0 Å². The van der Waals surface area contributed by atoms with Crippen LogP contribution in [-0.2, 0) is 9.53 Å². The number of benzene rings is 1. The summed E-state index contributed by atoms with van der Waals surface area (Å²) >= 11 is 0. The highest BCUT2D eigenvalue weighted by Gasteiger charge is 2.30. The Morgan fingerprint density at radius 3 is 2.65 bits per heavy atom. The molecule has 2 N–H and O–H groups in total. The summed E-state index contributed by atoms with van der Waals surface area (Å²) in [5, 5.41) is 0. The van der Waals surface area contributed by atoms with E-state index in [2.05, 4.69) is 0 Å². The molecule has 1 aliphatic heterocycles. The Morgan fingerprint density at radius 1 is 1.41 bits per heavy atom. The van der Waals surface area contributed by atoms with Gasteiger partial charge < -0.3 is 15.4 Å². The Kier molecular flexibility index (Phi) is 3.35. The van der Waals surface area contributed by atoms with Crippen LogP contribution in [0.15, 0.2) is 18.2 Å². The SMILES string of the molecule is NCC1CN(c2c(F)cccc2F)C(=O)CO1. The van der Waals surface area contributed by atoms with Gasteiger partial charge >= 0.3 is 0 Å². The van der Waals surface area contributed by atoms with Gasteiger partial charge in [-0.15, -0.1) is 0 Å². The number of halogens is 2. The van der Waals surface area contributed by atoms with E-state index in [0.717, 1.165) is 17.0 Å². The molecule has 1 aromatic carbocycles. The number of rotatable bonds is 2. The molecule has 0 spiro atoms. The number of ether oxygens (including phenoxy) is 1. The smallest absolute Gasteiger partial charge is 0.253 e. The molecule has 1 fully saturated rings. The fourth-order valence-corrected chi connectivity index (χ4v) is 1.73. The third-order valence-electron chi connectivity index (χ3n) is 2.60. The minimum Gasteiger partial charge on any atom is -0.365 e. The predicted molar refractivity (Wildman–Crippen MR) is 57.5 cm³/mol. The van der Waals surface area contributed by atoms with Crippen molar-refractivity contribution in [1.29, 1.82) is 0 Å². The number of para-hydroxylation sites is 1. The number of amides is 1. The molecule has 0 aliphatic carbocycles. The summed E-state index contributed by atoms with van der Waals surface area (Å²) in [6.07, 6.45) is -0.397. The van der Waals surface area contributed by atoms with Crippen LogP contribution in [-0.4, -0.2) is 31.7 Å². The lowest BCUT2D eigenvalue weighted by Gasteiger charge is -2.32. The van der Waals surface area contributed by atoms with E-state index in [4.69, 9.17) is 10.5 Å². The van der Waals surface area contributed by atoms with Crippen LogP contribution < -0.4 is 10.6 Å². The number of nitrogens with zero attached hydrogens (tertiary/aromatic N) is 1. The lowest BCUT2D eigenvalue weighted by molar-refractivity contribution is -0.129. The molecule has 1 unspecified atom stereocenters. The summed E-state index contributed by atoms with van der Waals surface area (Å²) in [6, 6.07) is 3.47. The zero-order valence-corrected chi connectivity index (χ0v) is 9.03. The molecule has 0 aromatic heterocycles. The Hall–Kier alpha value is -1.53. The van der Waals surface area contributed by atoms with Crippen molar-refractivity contribution in [2.75, 3.05) is 24.6 Å². The van der Waals surface area contributed by atoms with Gasteiger partial charge in [0.15, 0.2) is 0 Å². The highest BCUT2D eigenvalue weighted by Crippen LogP contribution is 2.25. The quantitative estimate of drug-likeness (QED) is 0.828. The summed E-state index contributed by atoms with van der Waals surface area (Å²) in [5.74, 6) is -2.01. The largest absolute Gasteiger partial charge is 0.365 e. The van der Waals surface area contributed by atoms with E-state index in [1.807, 2.05) is 0 Å². The first-order chi connectivity index (χ1) is 8.13. The van der Waals surface area contributed by atoms with E-state index in [9.17, 15) is 13.6 Å². The second-order valence-corrected chi connectivity index (χ2v) is 3.74. The number of hydrogen-bond donors (Lipinski definition) is 1. The van der Waals surface area contributed by atoms with E-state index in [1.165, 1.54) is 6.07 Å². The fraction of sp³-hybridized carbons (Fsp3) is 0.364. The average Bonchev–Trinajstić information content (AvgIpc) is 2.31. The molecule has 2 rings (SSSR count). The van der Waals surface area contributed by atoms with Crippen molar-refractivity contribution < 1.29 is 18.3 Å². The first kappa shape index (κ1) is 11.9. The Bertz CT molecular complexity index is 419. The molecule has 1 heterocycles. The van der Waals surface area contributed by atoms with E-state index in [1.54, 1.807) is 0 Å². The molecule has 0 radical (unpaired) electrons. The molecule has 92 valence electrons. The maximum Gasteiger partial charge on any atom is 0.253 e. The average molecular weight is 242 g/mol. The van der Waals surface area contributed by atoms with Gasteiger partial charge in [0.05, 0.1) is 12.6 Å². The van der Waals surface area contributed by atoms with Crippen LogP contribution in [0.4, 0.5) is 14.5 Å². The summed E-state index contributed by atoms with van der Waals surface area (Å²) in [6.45, 7) is 0.0443. The van der Waals surface area contributed by atoms with Gasteiger partial charge in [-0.05, 0) is 12.1 Å². The molecule has 1 amide bonds. The molecule has 4 nitrogen and oxygen atoms in total. The van der Waals surface area contributed by atoms with Crippen LogP contribution >= 0.6 is 0 Å². The molecule has 0 saturated carbocycles. The number of anilines is 1. The highest BCUT2D eigenvalue weighted by molar-refractivity contribution is 5.95. The van der Waals surface area contributed by atoms with Crippen LogP contribution in [0.3, 0.4) is 0 Å². The second kappa shape index (κ2) is 4.77. The minimum atomic E-state index is -0.768. The van der Waals surface area contributed by atoms with E-state index < -0.39 is 23.6 Å². The third-order valence-corrected chi connectivity index (χ3v) is 2.60. The Morgan fingerprint density at radius 2 is 2.06 bits per heavy atom. The second-order valence-electron chi connectivity index (χ2n) is 3.74. The van der Waals surface area contributed by atoms with Gasteiger partial charge in [-0.1, -0.05) is 6.07 Å². The van der Waals surface area contributed by atoms with Gasteiger partial charge in [-0.25, -0.2) is 8.78 Å². The fourth-order valence-electron chi connectivity index (χ4n) is 1.73. The molecular formula is C11H12F2N2O2. The number of morpholine rings is 1. The number of carbonyl (C=O) groups excluding carboxylic acids is 1. The van der Waals surface area contributed by atoms with Crippen molar-refractivity contribution >= 4 is 11.6 Å². The van der Waals surface area contributed by atoms with Gasteiger partial charge in [-0.3, -0.25) is 4.79 Å². The molecule has 17 heavy (non-hydrogen) atoms. The van der Waals surface area contributed by atoms with E-state index in [-0.39, 0.29) is 25.4 Å². The summed E-state index contributed by atoms with van der Waals surface area (Å²) in [5.41, 5.74) is 5.08. The molecule has 1 aliphatic rings. The number of carbonyl (C=O) groups is 1. The lowest BCUT2D eigenvalue weighted by Crippen LogP contribution is -2.49. The van der Waals surface area contributed by atoms with Crippen LogP contribution in [0, 0.1) is 11.6 Å². The Labute approximate surface area is 97.0 Å². The van der Waals surface area contributed by atoms with Gasteiger partial charge in [0.1, 0.15) is 23.9 Å². The first-order valence-electron chi connectivity index (χ1n) is 5.19. The van der Waals surface area contributed by atoms with Crippen molar-refractivity contribution in [3.05, 3.63) is 29.8 Å². The van der Waals surface area contributed by atoms with Crippen LogP contribution in [0.1, 0.15) is 0 Å². The van der Waals surface area contributed by atoms with E-state index in [0.29, 0.717) is 0 Å². The Balaban J connectivity index is 2.34. The van der Waals surface area contributed by atoms with Gasteiger partial charge in [-0.2, -0.15) is 0 Å². The molecular weight excluding hydrogens is 230 g/mol. The zero-order chi connectivity index (χ0) is 12.4.